The number of piperidine rings is 1. The highest BCUT2D eigenvalue weighted by molar-refractivity contribution is 5.73. The molecule has 0 aliphatic carbocycles. The van der Waals surface area contributed by atoms with Crippen LogP contribution in [0.25, 0.3) is 0 Å². The zero-order valence-electron chi connectivity index (χ0n) is 17.4. The summed E-state index contributed by atoms with van der Waals surface area (Å²) in [5.41, 5.74) is 3.48. The van der Waals surface area contributed by atoms with E-state index in [1.54, 1.807) is 6.92 Å². The Balaban J connectivity index is 1.49. The molecule has 2 aliphatic heterocycles. The maximum absolute atomic E-state index is 11.7. The molecule has 1 aromatic heterocycles. The molecule has 0 radical (unpaired) electrons. The Morgan fingerprint density at radius 2 is 2.03 bits per heavy atom. The summed E-state index contributed by atoms with van der Waals surface area (Å²) >= 11 is 0. The fourth-order valence-corrected chi connectivity index (χ4v) is 4.33. The molecule has 2 aliphatic rings. The van der Waals surface area contributed by atoms with E-state index in [0.29, 0.717) is 13.2 Å². The van der Waals surface area contributed by atoms with Gasteiger partial charge in [-0.3, -0.25) is 9.69 Å². The molecule has 1 saturated heterocycles. The quantitative estimate of drug-likeness (QED) is 0.777. The molecular weight excluding hydrogens is 364 g/mol. The van der Waals surface area contributed by atoms with Crippen LogP contribution in [0.4, 0.5) is 0 Å². The van der Waals surface area contributed by atoms with Gasteiger partial charge in [0, 0.05) is 44.7 Å². The van der Waals surface area contributed by atoms with Gasteiger partial charge in [0.15, 0.2) is 0 Å². The van der Waals surface area contributed by atoms with Crippen LogP contribution >= 0.6 is 0 Å². The molecule has 1 aromatic carbocycles. The average molecular weight is 395 g/mol. The molecule has 1 unspecified atom stereocenters. The third-order valence-electron chi connectivity index (χ3n) is 5.93. The van der Waals surface area contributed by atoms with Gasteiger partial charge in [-0.15, -0.1) is 0 Å². The van der Waals surface area contributed by atoms with Crippen molar-refractivity contribution in [3.63, 3.8) is 0 Å². The van der Waals surface area contributed by atoms with E-state index in [0.717, 1.165) is 55.3 Å². The lowest BCUT2D eigenvalue weighted by atomic mass is 9.99. The van der Waals surface area contributed by atoms with Crippen molar-refractivity contribution in [2.24, 2.45) is 0 Å². The summed E-state index contributed by atoms with van der Waals surface area (Å²) in [5, 5.41) is 0. The van der Waals surface area contributed by atoms with Crippen LogP contribution in [0.1, 0.15) is 61.8 Å². The smallest absolute Gasteiger partial charge is 0.219 e. The summed E-state index contributed by atoms with van der Waals surface area (Å²) in [7, 11) is 0. The van der Waals surface area contributed by atoms with Gasteiger partial charge in [0.25, 0.3) is 0 Å². The summed E-state index contributed by atoms with van der Waals surface area (Å²) in [6, 6.07) is 8.66. The number of likely N-dealkylation sites (tertiary alicyclic amines) is 1. The second kappa shape index (κ2) is 8.91. The highest BCUT2D eigenvalue weighted by atomic mass is 16.5. The number of carbonyl (C=O) groups excluding carboxylic acids is 1. The van der Waals surface area contributed by atoms with Crippen molar-refractivity contribution < 1.29 is 9.53 Å². The number of fused-ring (bicyclic) bond motifs is 1. The summed E-state index contributed by atoms with van der Waals surface area (Å²) < 4.78 is 5.56. The predicted molar refractivity (Wildman–Crippen MR) is 111 cm³/mol. The second-order valence-corrected chi connectivity index (χ2v) is 7.95. The molecule has 1 atom stereocenters. The molecule has 0 spiro atoms. The van der Waals surface area contributed by atoms with Crippen LogP contribution in [0.5, 0.6) is 5.75 Å². The van der Waals surface area contributed by atoms with E-state index in [2.05, 4.69) is 17.0 Å². The van der Waals surface area contributed by atoms with Gasteiger partial charge in [-0.05, 0) is 44.0 Å². The van der Waals surface area contributed by atoms with Gasteiger partial charge in [-0.2, -0.15) is 0 Å². The first-order valence-electron chi connectivity index (χ1n) is 10.7. The van der Waals surface area contributed by atoms with Crippen molar-refractivity contribution in [1.82, 2.24) is 19.8 Å². The molecule has 0 saturated carbocycles. The normalized spacial score (nSPS) is 19.7. The molecule has 1 amide bonds. The van der Waals surface area contributed by atoms with Crippen LogP contribution in [0, 0.1) is 0 Å². The zero-order valence-corrected chi connectivity index (χ0v) is 17.4. The topological polar surface area (TPSA) is 58.6 Å². The summed E-state index contributed by atoms with van der Waals surface area (Å²) in [6.07, 6.45) is 6.27. The SMILES string of the molecule is CCOc1ccc(CN2CCCCC2c2ncc3c(n2)CCN(C(C)=O)C3)cc1. The highest BCUT2D eigenvalue weighted by Gasteiger charge is 2.28. The number of amides is 1. The van der Waals surface area contributed by atoms with Crippen LogP contribution < -0.4 is 4.74 Å². The minimum atomic E-state index is 0.119. The van der Waals surface area contributed by atoms with Gasteiger partial charge in [-0.25, -0.2) is 9.97 Å². The third-order valence-corrected chi connectivity index (χ3v) is 5.93. The number of aromatic nitrogens is 2. The van der Waals surface area contributed by atoms with Crippen molar-refractivity contribution in [3.8, 4) is 5.75 Å². The Morgan fingerprint density at radius 3 is 2.79 bits per heavy atom. The van der Waals surface area contributed by atoms with Crippen molar-refractivity contribution in [2.75, 3.05) is 19.7 Å². The lowest BCUT2D eigenvalue weighted by Gasteiger charge is -2.35. The fraction of sp³-hybridized carbons (Fsp3) is 0.522. The van der Waals surface area contributed by atoms with E-state index in [-0.39, 0.29) is 11.9 Å². The Morgan fingerprint density at radius 1 is 1.21 bits per heavy atom. The number of benzene rings is 1. The summed E-state index contributed by atoms with van der Waals surface area (Å²) in [5.74, 6) is 1.98. The van der Waals surface area contributed by atoms with Crippen LogP contribution in [0.15, 0.2) is 30.5 Å². The fourth-order valence-electron chi connectivity index (χ4n) is 4.33. The molecule has 6 nitrogen and oxygen atoms in total. The van der Waals surface area contributed by atoms with E-state index in [1.165, 1.54) is 18.4 Å². The number of rotatable bonds is 5. The Bertz CT molecular complexity index is 852. The molecule has 1 fully saturated rings. The van der Waals surface area contributed by atoms with Crippen LogP contribution in [0.2, 0.25) is 0 Å². The Hall–Kier alpha value is -2.47. The van der Waals surface area contributed by atoms with E-state index in [9.17, 15) is 4.79 Å². The predicted octanol–water partition coefficient (Wildman–Crippen LogP) is 3.51. The van der Waals surface area contributed by atoms with Gasteiger partial charge < -0.3 is 9.64 Å². The lowest BCUT2D eigenvalue weighted by molar-refractivity contribution is -0.129. The first-order valence-corrected chi connectivity index (χ1v) is 10.7. The molecular formula is C23H30N4O2. The Labute approximate surface area is 172 Å². The number of hydrogen-bond donors (Lipinski definition) is 0. The zero-order chi connectivity index (χ0) is 20.2. The second-order valence-electron chi connectivity index (χ2n) is 7.95. The molecule has 3 heterocycles. The molecule has 2 aromatic rings. The molecule has 6 heteroatoms. The molecule has 29 heavy (non-hydrogen) atoms. The molecule has 154 valence electrons. The summed E-state index contributed by atoms with van der Waals surface area (Å²) in [6.45, 7) is 7.66. The Kier molecular flexibility index (Phi) is 6.09. The monoisotopic (exact) mass is 394 g/mol. The van der Waals surface area contributed by atoms with Gasteiger partial charge in [0.05, 0.1) is 18.3 Å². The van der Waals surface area contributed by atoms with Crippen molar-refractivity contribution in [3.05, 3.63) is 53.1 Å². The minimum absolute atomic E-state index is 0.119. The lowest BCUT2D eigenvalue weighted by Crippen LogP contribution is -2.36. The largest absolute Gasteiger partial charge is 0.494 e. The number of carbonyl (C=O) groups is 1. The highest BCUT2D eigenvalue weighted by Crippen LogP contribution is 2.31. The van der Waals surface area contributed by atoms with Gasteiger partial charge in [-0.1, -0.05) is 18.6 Å². The summed E-state index contributed by atoms with van der Waals surface area (Å²) in [4.78, 5) is 25.7. The van der Waals surface area contributed by atoms with Gasteiger partial charge in [0.1, 0.15) is 11.6 Å². The van der Waals surface area contributed by atoms with Crippen LogP contribution in [0.3, 0.4) is 0 Å². The van der Waals surface area contributed by atoms with E-state index >= 15 is 0 Å². The first kappa shape index (κ1) is 19.8. The standard InChI is InChI=1S/C23H30N4O2/c1-3-29-20-9-7-18(8-10-20)15-27-12-5-4-6-22(27)23-24-14-19-16-26(17(2)28)13-11-21(19)25-23/h7-10,14,22H,3-6,11-13,15-16H2,1-2H3. The number of ether oxygens (including phenoxy) is 1. The van der Waals surface area contributed by atoms with Gasteiger partial charge >= 0.3 is 0 Å². The minimum Gasteiger partial charge on any atom is -0.494 e. The number of nitrogens with zero attached hydrogens (tertiary/aromatic N) is 4. The van der Waals surface area contributed by atoms with Crippen molar-refractivity contribution in [2.45, 2.75) is 58.7 Å². The molecule has 4 rings (SSSR count). The third kappa shape index (κ3) is 4.58. The number of hydrogen-bond acceptors (Lipinski definition) is 5. The van der Waals surface area contributed by atoms with Crippen LogP contribution in [-0.4, -0.2) is 45.4 Å². The molecule has 0 N–H and O–H groups in total. The van der Waals surface area contributed by atoms with Crippen LogP contribution in [-0.2, 0) is 24.3 Å². The first-order chi connectivity index (χ1) is 14.1. The van der Waals surface area contributed by atoms with E-state index in [4.69, 9.17) is 14.7 Å². The van der Waals surface area contributed by atoms with E-state index < -0.39 is 0 Å². The van der Waals surface area contributed by atoms with Crippen molar-refractivity contribution in [1.29, 1.82) is 0 Å². The van der Waals surface area contributed by atoms with Gasteiger partial charge in [0.2, 0.25) is 5.91 Å². The maximum atomic E-state index is 11.7. The van der Waals surface area contributed by atoms with E-state index in [1.807, 2.05) is 30.2 Å². The maximum Gasteiger partial charge on any atom is 0.219 e. The van der Waals surface area contributed by atoms with Crippen molar-refractivity contribution >= 4 is 5.91 Å². The average Bonchev–Trinajstić information content (AvgIpc) is 2.75. The molecule has 0 bridgehead atoms.